The van der Waals surface area contributed by atoms with Crippen LogP contribution in [0.1, 0.15) is 27.0 Å². The van der Waals surface area contributed by atoms with Crippen molar-refractivity contribution in [1.82, 2.24) is 0 Å². The lowest BCUT2D eigenvalue weighted by molar-refractivity contribution is -0.111. The van der Waals surface area contributed by atoms with Gasteiger partial charge in [-0.3, -0.25) is 9.59 Å². The van der Waals surface area contributed by atoms with Gasteiger partial charge < -0.3 is 5.32 Å². The number of nitrogens with one attached hydrogen (secondary N) is 1. The standard InChI is InChI=1S/C22H15NO2/c24-20-12-19(15-5-1-2-6-16(15)22(20)25)23-18-11-10-14-9-8-13-4-3-7-17(18)21(13)14/h1-7,10-12,23H,8-9H2. The average Bonchev–Trinajstić information content (AvgIpc) is 3.06. The van der Waals surface area contributed by atoms with Gasteiger partial charge >= 0.3 is 0 Å². The third kappa shape index (κ3) is 2.06. The van der Waals surface area contributed by atoms with E-state index in [1.54, 1.807) is 12.1 Å². The van der Waals surface area contributed by atoms with Gasteiger partial charge in [0.25, 0.3) is 0 Å². The Labute approximate surface area is 145 Å². The number of carbonyl (C=O) groups excluding carboxylic acids is 2. The zero-order valence-corrected chi connectivity index (χ0v) is 13.5. The van der Waals surface area contributed by atoms with Gasteiger partial charge in [0.15, 0.2) is 0 Å². The number of carbonyl (C=O) groups is 2. The van der Waals surface area contributed by atoms with Crippen molar-refractivity contribution < 1.29 is 9.59 Å². The fraction of sp³-hybridized carbons (Fsp3) is 0.0909. The van der Waals surface area contributed by atoms with Crippen LogP contribution < -0.4 is 5.32 Å². The summed E-state index contributed by atoms with van der Waals surface area (Å²) in [6, 6.07) is 17.8. The van der Waals surface area contributed by atoms with Crippen molar-refractivity contribution in [3.8, 4) is 0 Å². The van der Waals surface area contributed by atoms with Gasteiger partial charge in [0.05, 0.1) is 5.70 Å². The van der Waals surface area contributed by atoms with Crippen LogP contribution in [-0.2, 0) is 17.6 Å². The molecule has 5 rings (SSSR count). The molecular formula is C22H15NO2. The van der Waals surface area contributed by atoms with Gasteiger partial charge in [-0.1, -0.05) is 48.5 Å². The molecule has 2 aliphatic rings. The number of aryl methyl sites for hydroxylation is 2. The van der Waals surface area contributed by atoms with E-state index in [2.05, 4.69) is 35.6 Å². The number of ketones is 2. The maximum absolute atomic E-state index is 12.1. The van der Waals surface area contributed by atoms with E-state index in [0.717, 1.165) is 29.5 Å². The van der Waals surface area contributed by atoms with Crippen LogP contribution in [0.2, 0.25) is 0 Å². The summed E-state index contributed by atoms with van der Waals surface area (Å²) in [6.45, 7) is 0. The first-order valence-corrected chi connectivity index (χ1v) is 8.42. The van der Waals surface area contributed by atoms with E-state index in [1.165, 1.54) is 22.6 Å². The van der Waals surface area contributed by atoms with Crippen molar-refractivity contribution in [2.75, 3.05) is 5.32 Å². The van der Waals surface area contributed by atoms with Gasteiger partial charge in [-0.25, -0.2) is 0 Å². The third-order valence-corrected chi connectivity index (χ3v) is 5.11. The number of Topliss-reactive ketones (excluding diaryl/α,β-unsaturated/α-hetero) is 1. The average molecular weight is 325 g/mol. The molecule has 0 fully saturated rings. The summed E-state index contributed by atoms with van der Waals surface area (Å²) in [6.07, 6.45) is 3.57. The first kappa shape index (κ1) is 14.2. The normalized spacial score (nSPS) is 15.3. The van der Waals surface area contributed by atoms with Gasteiger partial charge in [-0.05, 0) is 35.4 Å². The Hall–Kier alpha value is -3.20. The maximum Gasteiger partial charge on any atom is 0.233 e. The Kier molecular flexibility index (Phi) is 2.92. The summed E-state index contributed by atoms with van der Waals surface area (Å²) in [5.41, 5.74) is 5.63. The molecule has 0 saturated carbocycles. The molecular weight excluding hydrogens is 310 g/mol. The van der Waals surface area contributed by atoms with Crippen LogP contribution in [-0.4, -0.2) is 11.6 Å². The Balaban J connectivity index is 1.66. The SMILES string of the molecule is O=C1C=C(Nc2ccc3c4c(cccc24)CC3)c2ccccc2C1=O. The number of hydrogen-bond acceptors (Lipinski definition) is 3. The van der Waals surface area contributed by atoms with Gasteiger partial charge in [0, 0.05) is 28.3 Å². The molecule has 0 spiro atoms. The molecule has 120 valence electrons. The van der Waals surface area contributed by atoms with Crippen molar-refractivity contribution in [2.45, 2.75) is 12.8 Å². The molecule has 3 nitrogen and oxygen atoms in total. The first-order valence-electron chi connectivity index (χ1n) is 8.42. The van der Waals surface area contributed by atoms with Crippen LogP contribution in [0.5, 0.6) is 0 Å². The summed E-state index contributed by atoms with van der Waals surface area (Å²) in [5.74, 6) is -0.923. The zero-order valence-electron chi connectivity index (χ0n) is 13.5. The molecule has 0 radical (unpaired) electrons. The molecule has 0 amide bonds. The Morgan fingerprint density at radius 1 is 0.760 bits per heavy atom. The van der Waals surface area contributed by atoms with Crippen LogP contribution in [0.15, 0.2) is 60.7 Å². The molecule has 3 aromatic rings. The number of anilines is 1. The summed E-state index contributed by atoms with van der Waals surface area (Å²) in [7, 11) is 0. The van der Waals surface area contributed by atoms with E-state index in [1.807, 2.05) is 12.1 Å². The van der Waals surface area contributed by atoms with E-state index in [4.69, 9.17) is 0 Å². The highest BCUT2D eigenvalue weighted by Crippen LogP contribution is 2.36. The second-order valence-corrected chi connectivity index (χ2v) is 6.53. The first-order chi connectivity index (χ1) is 12.2. The fourth-order valence-electron chi connectivity index (χ4n) is 3.93. The van der Waals surface area contributed by atoms with Crippen molar-refractivity contribution in [3.05, 3.63) is 82.9 Å². The van der Waals surface area contributed by atoms with Crippen molar-refractivity contribution >= 4 is 33.7 Å². The highest BCUT2D eigenvalue weighted by atomic mass is 16.2. The molecule has 0 saturated heterocycles. The molecule has 3 heteroatoms. The van der Waals surface area contributed by atoms with E-state index in [0.29, 0.717) is 11.3 Å². The molecule has 0 bridgehead atoms. The second-order valence-electron chi connectivity index (χ2n) is 6.53. The smallest absolute Gasteiger partial charge is 0.233 e. The number of benzene rings is 3. The van der Waals surface area contributed by atoms with Crippen molar-refractivity contribution in [1.29, 1.82) is 0 Å². The molecule has 2 aliphatic carbocycles. The van der Waals surface area contributed by atoms with Gasteiger partial charge in [0.2, 0.25) is 11.6 Å². The minimum atomic E-state index is -0.480. The Morgan fingerprint density at radius 3 is 2.36 bits per heavy atom. The lowest BCUT2D eigenvalue weighted by atomic mass is 9.92. The Morgan fingerprint density at radius 2 is 1.52 bits per heavy atom. The largest absolute Gasteiger partial charge is 0.354 e. The quantitative estimate of drug-likeness (QED) is 0.720. The molecule has 1 N–H and O–H groups in total. The van der Waals surface area contributed by atoms with Crippen molar-refractivity contribution in [2.24, 2.45) is 0 Å². The topological polar surface area (TPSA) is 46.2 Å². The van der Waals surface area contributed by atoms with Crippen LogP contribution in [0, 0.1) is 0 Å². The highest BCUT2D eigenvalue weighted by Gasteiger charge is 2.26. The summed E-state index contributed by atoms with van der Waals surface area (Å²) >= 11 is 0. The van der Waals surface area contributed by atoms with Crippen molar-refractivity contribution in [3.63, 3.8) is 0 Å². The molecule has 0 aromatic heterocycles. The van der Waals surface area contributed by atoms with Gasteiger partial charge in [0.1, 0.15) is 0 Å². The number of rotatable bonds is 2. The highest BCUT2D eigenvalue weighted by molar-refractivity contribution is 6.50. The molecule has 0 aliphatic heterocycles. The molecule has 0 heterocycles. The predicted molar refractivity (Wildman–Crippen MR) is 98.7 cm³/mol. The van der Waals surface area contributed by atoms with Crippen LogP contribution in [0.3, 0.4) is 0 Å². The van der Waals surface area contributed by atoms with Crippen LogP contribution >= 0.6 is 0 Å². The van der Waals surface area contributed by atoms with Gasteiger partial charge in [-0.2, -0.15) is 0 Å². The summed E-state index contributed by atoms with van der Waals surface area (Å²) in [4.78, 5) is 24.2. The summed E-state index contributed by atoms with van der Waals surface area (Å²) in [5, 5.41) is 5.88. The molecule has 25 heavy (non-hydrogen) atoms. The van der Waals surface area contributed by atoms with Crippen LogP contribution in [0.25, 0.3) is 16.5 Å². The Bertz CT molecular complexity index is 1100. The lowest BCUT2D eigenvalue weighted by Gasteiger charge is -2.19. The summed E-state index contributed by atoms with van der Waals surface area (Å²) < 4.78 is 0. The molecule has 3 aromatic carbocycles. The minimum Gasteiger partial charge on any atom is -0.354 e. The number of fused-ring (bicyclic) bond motifs is 1. The number of allylic oxidation sites excluding steroid dienone is 1. The monoisotopic (exact) mass is 325 g/mol. The van der Waals surface area contributed by atoms with E-state index >= 15 is 0 Å². The van der Waals surface area contributed by atoms with E-state index < -0.39 is 11.6 Å². The lowest BCUT2D eigenvalue weighted by Crippen LogP contribution is -2.20. The second kappa shape index (κ2) is 5.15. The maximum atomic E-state index is 12.1. The molecule has 0 atom stereocenters. The third-order valence-electron chi connectivity index (χ3n) is 5.11. The predicted octanol–water partition coefficient (Wildman–Crippen LogP) is 4.16. The zero-order chi connectivity index (χ0) is 17.0. The van der Waals surface area contributed by atoms with Crippen LogP contribution in [0.4, 0.5) is 5.69 Å². The number of hydrogen-bond donors (Lipinski definition) is 1. The van der Waals surface area contributed by atoms with E-state index in [9.17, 15) is 9.59 Å². The fourth-order valence-corrected chi connectivity index (χ4v) is 3.93. The van der Waals surface area contributed by atoms with Gasteiger partial charge in [-0.15, -0.1) is 0 Å². The molecule has 0 unspecified atom stereocenters. The van der Waals surface area contributed by atoms with E-state index in [-0.39, 0.29) is 0 Å². The minimum absolute atomic E-state index is 0.443.